The number of rotatable bonds is 4. The molecule has 6 nitrogen and oxygen atoms in total. The Balaban J connectivity index is 2.07. The molecular formula is C15H13BrN4O2. The molecule has 3 aromatic rings. The van der Waals surface area contributed by atoms with Crippen LogP contribution in [0.1, 0.15) is 0 Å². The number of benzene rings is 1. The summed E-state index contributed by atoms with van der Waals surface area (Å²) in [5, 5.41) is 4.25. The molecule has 0 bridgehead atoms. The summed E-state index contributed by atoms with van der Waals surface area (Å²) in [7, 11) is 3.20. The van der Waals surface area contributed by atoms with Gasteiger partial charge in [-0.25, -0.2) is 9.97 Å². The minimum atomic E-state index is 0.637. The lowest BCUT2D eigenvalue weighted by Gasteiger charge is -2.10. The molecule has 0 unspecified atom stereocenters. The lowest BCUT2D eigenvalue weighted by molar-refractivity contribution is 0.355. The number of methoxy groups -OCH3 is 2. The number of aromatic nitrogens is 4. The zero-order valence-corrected chi connectivity index (χ0v) is 13.6. The van der Waals surface area contributed by atoms with Crippen LogP contribution in [-0.2, 0) is 0 Å². The average molecular weight is 361 g/mol. The molecule has 0 atom stereocenters. The molecule has 0 fully saturated rings. The van der Waals surface area contributed by atoms with E-state index in [9.17, 15) is 0 Å². The van der Waals surface area contributed by atoms with Crippen molar-refractivity contribution in [1.29, 1.82) is 0 Å². The number of hydrogen-bond donors (Lipinski definition) is 0. The van der Waals surface area contributed by atoms with E-state index in [4.69, 9.17) is 9.47 Å². The molecule has 0 aliphatic rings. The van der Waals surface area contributed by atoms with Crippen LogP contribution in [0.5, 0.6) is 11.5 Å². The van der Waals surface area contributed by atoms with Crippen LogP contribution in [0, 0.1) is 0 Å². The van der Waals surface area contributed by atoms with Gasteiger partial charge in [-0.15, -0.1) is 0 Å². The third-order valence-corrected chi connectivity index (χ3v) is 3.59. The van der Waals surface area contributed by atoms with E-state index in [1.807, 2.05) is 30.3 Å². The maximum Gasteiger partial charge on any atom is 0.165 e. The standard InChI is InChI=1S/C15H13BrN4O2/c1-21-12-5-3-10(7-13(12)22-2)15-18-9-19-20(15)14-6-4-11(16)8-17-14/h3-9H,1-2H3. The highest BCUT2D eigenvalue weighted by Crippen LogP contribution is 2.31. The Morgan fingerprint density at radius 3 is 2.50 bits per heavy atom. The number of halogens is 1. The minimum Gasteiger partial charge on any atom is -0.493 e. The maximum absolute atomic E-state index is 5.33. The zero-order valence-electron chi connectivity index (χ0n) is 12.0. The molecular weight excluding hydrogens is 348 g/mol. The van der Waals surface area contributed by atoms with Gasteiger partial charge in [0.2, 0.25) is 0 Å². The van der Waals surface area contributed by atoms with Gasteiger partial charge >= 0.3 is 0 Å². The first-order chi connectivity index (χ1) is 10.7. The highest BCUT2D eigenvalue weighted by Gasteiger charge is 2.13. The Morgan fingerprint density at radius 2 is 1.82 bits per heavy atom. The van der Waals surface area contributed by atoms with Crippen molar-refractivity contribution in [2.24, 2.45) is 0 Å². The Labute approximate surface area is 135 Å². The van der Waals surface area contributed by atoms with E-state index in [1.54, 1.807) is 25.1 Å². The molecule has 2 aromatic heterocycles. The number of hydrogen-bond acceptors (Lipinski definition) is 5. The van der Waals surface area contributed by atoms with Gasteiger partial charge < -0.3 is 9.47 Å². The van der Waals surface area contributed by atoms with Gasteiger partial charge in [-0.3, -0.25) is 0 Å². The first-order valence-electron chi connectivity index (χ1n) is 6.47. The third-order valence-electron chi connectivity index (χ3n) is 3.12. The lowest BCUT2D eigenvalue weighted by Crippen LogP contribution is -2.02. The van der Waals surface area contributed by atoms with E-state index in [0.717, 1.165) is 10.0 Å². The maximum atomic E-state index is 5.33. The topological polar surface area (TPSA) is 62.1 Å². The van der Waals surface area contributed by atoms with Crippen LogP contribution in [0.2, 0.25) is 0 Å². The highest BCUT2D eigenvalue weighted by molar-refractivity contribution is 9.10. The number of nitrogens with zero attached hydrogens (tertiary/aromatic N) is 4. The molecule has 0 spiro atoms. The van der Waals surface area contributed by atoms with Crippen LogP contribution >= 0.6 is 15.9 Å². The first kappa shape index (κ1) is 14.5. The van der Waals surface area contributed by atoms with E-state index in [0.29, 0.717) is 23.1 Å². The van der Waals surface area contributed by atoms with E-state index in [-0.39, 0.29) is 0 Å². The number of pyridine rings is 1. The van der Waals surface area contributed by atoms with Crippen LogP contribution in [0.25, 0.3) is 17.2 Å². The Morgan fingerprint density at radius 1 is 1.00 bits per heavy atom. The molecule has 0 radical (unpaired) electrons. The van der Waals surface area contributed by atoms with Crippen molar-refractivity contribution in [2.45, 2.75) is 0 Å². The average Bonchev–Trinajstić information content (AvgIpc) is 3.04. The second kappa shape index (κ2) is 6.15. The van der Waals surface area contributed by atoms with Crippen molar-refractivity contribution in [3.63, 3.8) is 0 Å². The Kier molecular flexibility index (Phi) is 4.06. The largest absolute Gasteiger partial charge is 0.493 e. The molecule has 0 amide bonds. The van der Waals surface area contributed by atoms with Gasteiger partial charge in [0.25, 0.3) is 0 Å². The smallest absolute Gasteiger partial charge is 0.165 e. The van der Waals surface area contributed by atoms with Crippen LogP contribution in [-0.4, -0.2) is 34.0 Å². The van der Waals surface area contributed by atoms with E-state index < -0.39 is 0 Å². The predicted octanol–water partition coefficient (Wildman–Crippen LogP) is 3.11. The van der Waals surface area contributed by atoms with Gasteiger partial charge in [-0.05, 0) is 46.3 Å². The molecule has 1 aromatic carbocycles. The molecule has 0 aliphatic heterocycles. The Bertz CT molecular complexity index is 786. The van der Waals surface area contributed by atoms with Crippen LogP contribution in [0.4, 0.5) is 0 Å². The van der Waals surface area contributed by atoms with E-state index in [2.05, 4.69) is 31.0 Å². The molecule has 0 saturated carbocycles. The summed E-state index contributed by atoms with van der Waals surface area (Å²) in [6.45, 7) is 0. The van der Waals surface area contributed by atoms with E-state index in [1.165, 1.54) is 6.33 Å². The fraction of sp³-hybridized carbons (Fsp3) is 0.133. The van der Waals surface area contributed by atoms with Gasteiger partial charge in [0, 0.05) is 16.2 Å². The summed E-state index contributed by atoms with van der Waals surface area (Å²) >= 11 is 3.37. The van der Waals surface area contributed by atoms with Crippen LogP contribution in [0.15, 0.2) is 47.3 Å². The molecule has 7 heteroatoms. The lowest BCUT2D eigenvalue weighted by atomic mass is 10.2. The minimum absolute atomic E-state index is 0.637. The van der Waals surface area contributed by atoms with Gasteiger partial charge in [0.1, 0.15) is 6.33 Å². The van der Waals surface area contributed by atoms with Gasteiger partial charge in [-0.1, -0.05) is 0 Å². The van der Waals surface area contributed by atoms with Crippen molar-refractivity contribution in [1.82, 2.24) is 19.7 Å². The second-order valence-electron chi connectivity index (χ2n) is 4.40. The first-order valence-corrected chi connectivity index (χ1v) is 7.26. The number of ether oxygens (including phenoxy) is 2. The fourth-order valence-electron chi connectivity index (χ4n) is 2.07. The van der Waals surface area contributed by atoms with Crippen LogP contribution in [0.3, 0.4) is 0 Å². The molecule has 112 valence electrons. The molecule has 3 rings (SSSR count). The summed E-state index contributed by atoms with van der Waals surface area (Å²) in [5.41, 5.74) is 0.861. The predicted molar refractivity (Wildman–Crippen MR) is 85.4 cm³/mol. The van der Waals surface area contributed by atoms with Crippen molar-refractivity contribution in [2.75, 3.05) is 14.2 Å². The van der Waals surface area contributed by atoms with Crippen molar-refractivity contribution < 1.29 is 9.47 Å². The Hall–Kier alpha value is -2.41. The van der Waals surface area contributed by atoms with Crippen molar-refractivity contribution in [3.05, 3.63) is 47.3 Å². The molecule has 2 heterocycles. The van der Waals surface area contributed by atoms with Gasteiger partial charge in [-0.2, -0.15) is 9.78 Å². The summed E-state index contributed by atoms with van der Waals surface area (Å²) in [4.78, 5) is 8.66. The van der Waals surface area contributed by atoms with Gasteiger partial charge in [0.05, 0.1) is 14.2 Å². The van der Waals surface area contributed by atoms with Crippen LogP contribution < -0.4 is 9.47 Å². The molecule has 0 saturated heterocycles. The van der Waals surface area contributed by atoms with Gasteiger partial charge in [0.15, 0.2) is 23.1 Å². The molecule has 0 N–H and O–H groups in total. The summed E-state index contributed by atoms with van der Waals surface area (Å²) in [6, 6.07) is 9.37. The summed E-state index contributed by atoms with van der Waals surface area (Å²) in [6.07, 6.45) is 3.21. The monoisotopic (exact) mass is 360 g/mol. The summed E-state index contributed by atoms with van der Waals surface area (Å²) < 4.78 is 13.2. The molecule has 0 aliphatic carbocycles. The molecule has 22 heavy (non-hydrogen) atoms. The SMILES string of the molecule is COc1ccc(-c2ncnn2-c2ccc(Br)cn2)cc1OC. The highest BCUT2D eigenvalue weighted by atomic mass is 79.9. The zero-order chi connectivity index (χ0) is 15.5. The third kappa shape index (κ3) is 2.67. The van der Waals surface area contributed by atoms with Crippen molar-refractivity contribution >= 4 is 15.9 Å². The quantitative estimate of drug-likeness (QED) is 0.715. The normalized spacial score (nSPS) is 10.5. The van der Waals surface area contributed by atoms with E-state index >= 15 is 0 Å². The van der Waals surface area contributed by atoms with Crippen molar-refractivity contribution in [3.8, 4) is 28.7 Å². The fourth-order valence-corrected chi connectivity index (χ4v) is 2.31. The second-order valence-corrected chi connectivity index (χ2v) is 5.32. The summed E-state index contributed by atoms with van der Waals surface area (Å²) in [5.74, 6) is 2.67.